The Bertz CT molecular complexity index is 718. The second kappa shape index (κ2) is 4.69. The zero-order chi connectivity index (χ0) is 13.2. The summed E-state index contributed by atoms with van der Waals surface area (Å²) in [5.74, 6) is 1.62. The average Bonchev–Trinajstić information content (AvgIpc) is 2.47. The van der Waals surface area contributed by atoms with Gasteiger partial charge in [-0.15, -0.1) is 0 Å². The highest BCUT2D eigenvalue weighted by Gasteiger charge is 2.07. The number of para-hydroxylation sites is 1. The SMILES string of the molecule is CNc1nc(-c2ccc(C)cc2)nc2ccccc12. The summed E-state index contributed by atoms with van der Waals surface area (Å²) in [4.78, 5) is 9.23. The van der Waals surface area contributed by atoms with Gasteiger partial charge in [0.2, 0.25) is 0 Å². The first-order valence-electron chi connectivity index (χ1n) is 6.29. The lowest BCUT2D eigenvalue weighted by Gasteiger charge is -2.08. The van der Waals surface area contributed by atoms with E-state index in [2.05, 4.69) is 46.5 Å². The summed E-state index contributed by atoms with van der Waals surface area (Å²) in [5, 5.41) is 4.18. The fraction of sp³-hybridized carbons (Fsp3) is 0.125. The summed E-state index contributed by atoms with van der Waals surface area (Å²) in [6.07, 6.45) is 0. The molecule has 0 saturated heterocycles. The molecule has 0 spiro atoms. The molecular weight excluding hydrogens is 234 g/mol. The molecule has 0 aliphatic rings. The molecular formula is C16H15N3. The zero-order valence-corrected chi connectivity index (χ0v) is 11.0. The van der Waals surface area contributed by atoms with Gasteiger partial charge < -0.3 is 5.32 Å². The minimum atomic E-state index is 0.753. The van der Waals surface area contributed by atoms with Crippen LogP contribution < -0.4 is 5.32 Å². The fourth-order valence-corrected chi connectivity index (χ4v) is 2.10. The van der Waals surface area contributed by atoms with Gasteiger partial charge in [-0.3, -0.25) is 0 Å². The molecule has 2 aromatic carbocycles. The average molecular weight is 249 g/mol. The number of nitrogens with one attached hydrogen (secondary N) is 1. The molecule has 1 aromatic heterocycles. The standard InChI is InChI=1S/C16H15N3/c1-11-7-9-12(10-8-11)15-18-14-6-4-3-5-13(14)16(17-2)19-15/h3-10H,1-2H3,(H,17,18,19). The van der Waals surface area contributed by atoms with Gasteiger partial charge in [-0.05, 0) is 19.1 Å². The Morgan fingerprint density at radius 3 is 2.37 bits per heavy atom. The Morgan fingerprint density at radius 1 is 0.895 bits per heavy atom. The van der Waals surface area contributed by atoms with Crippen LogP contribution in [-0.4, -0.2) is 17.0 Å². The van der Waals surface area contributed by atoms with Gasteiger partial charge in [0.25, 0.3) is 0 Å². The van der Waals surface area contributed by atoms with Gasteiger partial charge in [-0.1, -0.05) is 42.0 Å². The number of anilines is 1. The minimum absolute atomic E-state index is 0.753. The van der Waals surface area contributed by atoms with E-state index in [-0.39, 0.29) is 0 Å². The molecule has 0 atom stereocenters. The molecule has 0 aliphatic carbocycles. The maximum Gasteiger partial charge on any atom is 0.162 e. The van der Waals surface area contributed by atoms with E-state index in [1.807, 2.05) is 31.3 Å². The van der Waals surface area contributed by atoms with Crippen LogP contribution in [0, 0.1) is 6.92 Å². The van der Waals surface area contributed by atoms with Crippen molar-refractivity contribution in [3.05, 3.63) is 54.1 Å². The molecule has 0 saturated carbocycles. The monoisotopic (exact) mass is 249 g/mol. The van der Waals surface area contributed by atoms with Gasteiger partial charge in [0.05, 0.1) is 5.52 Å². The van der Waals surface area contributed by atoms with E-state index in [0.29, 0.717) is 0 Å². The maximum atomic E-state index is 4.63. The first kappa shape index (κ1) is 11.7. The van der Waals surface area contributed by atoms with Gasteiger partial charge in [-0.25, -0.2) is 9.97 Å². The second-order valence-electron chi connectivity index (χ2n) is 4.53. The van der Waals surface area contributed by atoms with Crippen molar-refractivity contribution >= 4 is 16.7 Å². The van der Waals surface area contributed by atoms with Crippen molar-refractivity contribution in [1.29, 1.82) is 0 Å². The lowest BCUT2D eigenvalue weighted by molar-refractivity contribution is 1.21. The Labute approximate surface area is 112 Å². The molecule has 0 fully saturated rings. The van der Waals surface area contributed by atoms with Crippen LogP contribution in [0.5, 0.6) is 0 Å². The fourth-order valence-electron chi connectivity index (χ4n) is 2.10. The number of benzene rings is 2. The van der Waals surface area contributed by atoms with Crippen LogP contribution in [0.1, 0.15) is 5.56 Å². The number of hydrogen-bond donors (Lipinski definition) is 1. The number of fused-ring (bicyclic) bond motifs is 1. The summed E-state index contributed by atoms with van der Waals surface area (Å²) in [6.45, 7) is 2.07. The Balaban J connectivity index is 2.22. The predicted octanol–water partition coefficient (Wildman–Crippen LogP) is 3.65. The van der Waals surface area contributed by atoms with Crippen LogP contribution >= 0.6 is 0 Å². The third-order valence-corrected chi connectivity index (χ3v) is 3.15. The molecule has 1 heterocycles. The lowest BCUT2D eigenvalue weighted by Crippen LogP contribution is -1.98. The van der Waals surface area contributed by atoms with Crippen molar-refractivity contribution < 1.29 is 0 Å². The molecule has 1 N–H and O–H groups in total. The molecule has 0 aliphatic heterocycles. The minimum Gasteiger partial charge on any atom is -0.373 e. The molecule has 3 nitrogen and oxygen atoms in total. The van der Waals surface area contributed by atoms with Gasteiger partial charge in [0, 0.05) is 18.0 Å². The third-order valence-electron chi connectivity index (χ3n) is 3.15. The summed E-state index contributed by atoms with van der Waals surface area (Å²) < 4.78 is 0. The maximum absolute atomic E-state index is 4.63. The molecule has 3 heteroatoms. The van der Waals surface area contributed by atoms with Crippen LogP contribution in [-0.2, 0) is 0 Å². The summed E-state index contributed by atoms with van der Waals surface area (Å²) >= 11 is 0. The number of hydrogen-bond acceptors (Lipinski definition) is 3. The molecule has 0 unspecified atom stereocenters. The molecule has 0 amide bonds. The van der Waals surface area contributed by atoms with Crippen molar-refractivity contribution in [3.63, 3.8) is 0 Å². The lowest BCUT2D eigenvalue weighted by atomic mass is 10.1. The van der Waals surface area contributed by atoms with Gasteiger partial charge in [-0.2, -0.15) is 0 Å². The Morgan fingerprint density at radius 2 is 1.63 bits per heavy atom. The highest BCUT2D eigenvalue weighted by molar-refractivity contribution is 5.90. The van der Waals surface area contributed by atoms with Crippen molar-refractivity contribution in [2.45, 2.75) is 6.92 Å². The second-order valence-corrected chi connectivity index (χ2v) is 4.53. The number of aromatic nitrogens is 2. The highest BCUT2D eigenvalue weighted by Crippen LogP contribution is 2.24. The number of nitrogens with zero attached hydrogens (tertiary/aromatic N) is 2. The summed E-state index contributed by atoms with van der Waals surface area (Å²) in [6, 6.07) is 16.3. The Hall–Kier alpha value is -2.42. The molecule has 0 radical (unpaired) electrons. The number of aryl methyl sites for hydroxylation is 1. The molecule has 0 bridgehead atoms. The van der Waals surface area contributed by atoms with Gasteiger partial charge in [0.1, 0.15) is 5.82 Å². The summed E-state index contributed by atoms with van der Waals surface area (Å²) in [7, 11) is 1.88. The van der Waals surface area contributed by atoms with Crippen molar-refractivity contribution in [3.8, 4) is 11.4 Å². The quantitative estimate of drug-likeness (QED) is 0.753. The molecule has 94 valence electrons. The van der Waals surface area contributed by atoms with Crippen LogP contribution in [0.15, 0.2) is 48.5 Å². The highest BCUT2D eigenvalue weighted by atomic mass is 15.0. The van der Waals surface area contributed by atoms with E-state index < -0.39 is 0 Å². The van der Waals surface area contributed by atoms with E-state index >= 15 is 0 Å². The smallest absolute Gasteiger partial charge is 0.162 e. The topological polar surface area (TPSA) is 37.8 Å². The Kier molecular flexibility index (Phi) is 2.88. The zero-order valence-electron chi connectivity index (χ0n) is 11.0. The predicted molar refractivity (Wildman–Crippen MR) is 79.3 cm³/mol. The third kappa shape index (κ3) is 2.15. The van der Waals surface area contributed by atoms with Crippen molar-refractivity contribution in [2.24, 2.45) is 0 Å². The van der Waals surface area contributed by atoms with Crippen molar-refractivity contribution in [1.82, 2.24) is 9.97 Å². The van der Waals surface area contributed by atoms with E-state index in [4.69, 9.17) is 0 Å². The largest absolute Gasteiger partial charge is 0.373 e. The van der Waals surface area contributed by atoms with E-state index in [0.717, 1.165) is 28.1 Å². The molecule has 19 heavy (non-hydrogen) atoms. The molecule has 3 rings (SSSR count). The number of rotatable bonds is 2. The van der Waals surface area contributed by atoms with E-state index in [1.165, 1.54) is 5.56 Å². The van der Waals surface area contributed by atoms with Crippen molar-refractivity contribution in [2.75, 3.05) is 12.4 Å². The van der Waals surface area contributed by atoms with Crippen LogP contribution in [0.2, 0.25) is 0 Å². The van der Waals surface area contributed by atoms with Gasteiger partial charge in [0.15, 0.2) is 5.82 Å². The van der Waals surface area contributed by atoms with Gasteiger partial charge >= 0.3 is 0 Å². The van der Waals surface area contributed by atoms with Crippen LogP contribution in [0.3, 0.4) is 0 Å². The van der Waals surface area contributed by atoms with E-state index in [9.17, 15) is 0 Å². The van der Waals surface area contributed by atoms with E-state index in [1.54, 1.807) is 0 Å². The summed E-state index contributed by atoms with van der Waals surface area (Å²) in [5.41, 5.74) is 3.23. The normalized spacial score (nSPS) is 10.6. The first-order chi connectivity index (χ1) is 9.28. The first-order valence-corrected chi connectivity index (χ1v) is 6.29. The molecule has 3 aromatic rings. The van der Waals surface area contributed by atoms with Crippen LogP contribution in [0.4, 0.5) is 5.82 Å². The van der Waals surface area contributed by atoms with Crippen LogP contribution in [0.25, 0.3) is 22.3 Å².